The van der Waals surface area contributed by atoms with E-state index in [1.807, 2.05) is 11.8 Å². The summed E-state index contributed by atoms with van der Waals surface area (Å²) in [7, 11) is -3.69. The maximum absolute atomic E-state index is 12.1. The maximum atomic E-state index is 12.1. The van der Waals surface area contributed by atoms with Crippen molar-refractivity contribution >= 4 is 45.9 Å². The number of benzene rings is 1. The molecule has 2 rings (SSSR count). The lowest BCUT2D eigenvalue weighted by atomic mass is 10.2. The van der Waals surface area contributed by atoms with Gasteiger partial charge >= 0.3 is 0 Å². The van der Waals surface area contributed by atoms with Crippen LogP contribution in [0.3, 0.4) is 0 Å². The van der Waals surface area contributed by atoms with Crippen LogP contribution >= 0.6 is 24.0 Å². The molecular weight excluding hydrogens is 469 g/mol. The molecule has 0 radical (unpaired) electrons. The number of guanidine groups is 1. The summed E-state index contributed by atoms with van der Waals surface area (Å²) in [5, 5.41) is 11.2. The highest BCUT2D eigenvalue weighted by Gasteiger charge is 2.17. The molecule has 1 aromatic carbocycles. The summed E-state index contributed by atoms with van der Waals surface area (Å²) in [6.07, 6.45) is 2.13. The van der Waals surface area contributed by atoms with Crippen molar-refractivity contribution < 1.29 is 13.2 Å². The molecule has 0 aliphatic carbocycles. The number of sulfonamides is 1. The number of nitrogens with one attached hydrogen (secondary N) is 2. The van der Waals surface area contributed by atoms with Crippen LogP contribution in [0.2, 0.25) is 0 Å². The highest BCUT2D eigenvalue weighted by molar-refractivity contribution is 14.0. The molecule has 0 aromatic heterocycles. The van der Waals surface area contributed by atoms with Crippen LogP contribution in [0.1, 0.15) is 25.3 Å². The van der Waals surface area contributed by atoms with E-state index in [9.17, 15) is 13.2 Å². The molecule has 1 aliphatic heterocycles. The monoisotopic (exact) mass is 495 g/mol. The van der Waals surface area contributed by atoms with Crippen molar-refractivity contribution in [3.8, 4) is 0 Å². The Kier molecular flexibility index (Phi) is 9.30. The predicted octanol–water partition coefficient (Wildman–Crippen LogP) is 0.630. The van der Waals surface area contributed by atoms with Gasteiger partial charge in [-0.3, -0.25) is 4.79 Å². The van der Waals surface area contributed by atoms with Gasteiger partial charge in [0.05, 0.1) is 18.0 Å². The average Bonchev–Trinajstić information content (AvgIpc) is 3.11. The van der Waals surface area contributed by atoms with Crippen LogP contribution < -0.4 is 15.8 Å². The minimum absolute atomic E-state index is 0. The number of carbonyl (C=O) groups is 1. The molecule has 8 nitrogen and oxygen atoms in total. The summed E-state index contributed by atoms with van der Waals surface area (Å²) >= 11 is 0. The summed E-state index contributed by atoms with van der Waals surface area (Å²) in [5.74, 6) is 0.617. The Morgan fingerprint density at radius 3 is 2.35 bits per heavy atom. The quantitative estimate of drug-likeness (QED) is 0.304. The van der Waals surface area contributed by atoms with Crippen molar-refractivity contribution in [1.82, 2.24) is 15.5 Å². The SMILES string of the molecule is CCNC(=NCc1ccc(S(N)(=O)=O)cc1)NCC(=O)N1CCCC1.I. The van der Waals surface area contributed by atoms with Gasteiger partial charge in [-0.1, -0.05) is 12.1 Å². The largest absolute Gasteiger partial charge is 0.357 e. The summed E-state index contributed by atoms with van der Waals surface area (Å²) in [6.45, 7) is 4.83. The van der Waals surface area contributed by atoms with E-state index < -0.39 is 10.0 Å². The normalized spacial score (nSPS) is 14.7. The smallest absolute Gasteiger partial charge is 0.241 e. The zero-order chi connectivity index (χ0) is 18.3. The Bertz CT molecular complexity index is 716. The van der Waals surface area contributed by atoms with Crippen molar-refractivity contribution in [2.75, 3.05) is 26.2 Å². The van der Waals surface area contributed by atoms with Gasteiger partial charge in [0.2, 0.25) is 15.9 Å². The highest BCUT2D eigenvalue weighted by Crippen LogP contribution is 2.09. The van der Waals surface area contributed by atoms with Gasteiger partial charge in [-0.15, -0.1) is 24.0 Å². The molecule has 0 saturated carbocycles. The van der Waals surface area contributed by atoms with Gasteiger partial charge in [0.15, 0.2) is 5.96 Å². The fourth-order valence-electron chi connectivity index (χ4n) is 2.53. The van der Waals surface area contributed by atoms with Crippen molar-refractivity contribution in [2.45, 2.75) is 31.2 Å². The second kappa shape index (κ2) is 10.7. The van der Waals surface area contributed by atoms with Crippen LogP contribution in [-0.4, -0.2) is 51.4 Å². The molecule has 0 atom stereocenters. The number of rotatable bonds is 6. The minimum Gasteiger partial charge on any atom is -0.357 e. The van der Waals surface area contributed by atoms with Gasteiger partial charge in [-0.05, 0) is 37.5 Å². The Morgan fingerprint density at radius 2 is 1.81 bits per heavy atom. The van der Waals surface area contributed by atoms with E-state index in [0.717, 1.165) is 31.5 Å². The molecule has 146 valence electrons. The fraction of sp³-hybridized carbons (Fsp3) is 0.500. The molecule has 1 aromatic rings. The van der Waals surface area contributed by atoms with Crippen LogP contribution in [0.4, 0.5) is 0 Å². The van der Waals surface area contributed by atoms with E-state index in [0.29, 0.717) is 19.0 Å². The Morgan fingerprint density at radius 1 is 1.19 bits per heavy atom. The van der Waals surface area contributed by atoms with Gasteiger partial charge in [0.1, 0.15) is 0 Å². The van der Waals surface area contributed by atoms with Crippen LogP contribution in [0, 0.1) is 0 Å². The third kappa shape index (κ3) is 7.08. The Labute approximate surface area is 171 Å². The van der Waals surface area contributed by atoms with Crippen molar-refractivity contribution in [1.29, 1.82) is 0 Å². The zero-order valence-electron chi connectivity index (χ0n) is 14.8. The fourth-order valence-corrected chi connectivity index (χ4v) is 3.05. The van der Waals surface area contributed by atoms with Gasteiger partial charge in [0, 0.05) is 19.6 Å². The molecule has 0 unspecified atom stereocenters. The third-order valence-corrected chi connectivity index (χ3v) is 4.81. The predicted molar refractivity (Wildman–Crippen MR) is 112 cm³/mol. The van der Waals surface area contributed by atoms with Gasteiger partial charge in [-0.25, -0.2) is 18.5 Å². The number of primary sulfonamides is 1. The van der Waals surface area contributed by atoms with E-state index in [2.05, 4.69) is 15.6 Å². The number of carbonyl (C=O) groups excluding carboxylic acids is 1. The Hall–Kier alpha value is -1.40. The zero-order valence-corrected chi connectivity index (χ0v) is 17.9. The number of aliphatic imine (C=N–C) groups is 1. The number of nitrogens with zero attached hydrogens (tertiary/aromatic N) is 2. The molecule has 4 N–H and O–H groups in total. The standard InChI is InChI=1S/C16H25N5O3S.HI/c1-2-18-16(20-12-15(22)21-9-3-4-10-21)19-11-13-5-7-14(8-6-13)25(17,23)24;/h5-8H,2-4,9-12H2,1H3,(H2,17,23,24)(H2,18,19,20);1H. The first-order valence-corrected chi connectivity index (χ1v) is 9.86. The molecule has 0 spiro atoms. The van der Waals surface area contributed by atoms with E-state index in [1.165, 1.54) is 12.1 Å². The second-order valence-corrected chi connectivity index (χ2v) is 7.39. The molecule has 0 bridgehead atoms. The lowest BCUT2D eigenvalue weighted by Crippen LogP contribution is -2.44. The van der Waals surface area contributed by atoms with Gasteiger partial charge in [0.25, 0.3) is 0 Å². The highest BCUT2D eigenvalue weighted by atomic mass is 127. The topological polar surface area (TPSA) is 117 Å². The first-order chi connectivity index (χ1) is 11.9. The average molecular weight is 495 g/mol. The number of likely N-dealkylation sites (tertiary alicyclic amines) is 1. The third-order valence-electron chi connectivity index (χ3n) is 3.88. The molecule has 1 saturated heterocycles. The first kappa shape index (κ1) is 22.6. The summed E-state index contributed by atoms with van der Waals surface area (Å²) in [6, 6.07) is 6.25. The molecule has 1 amide bonds. The van der Waals surface area contributed by atoms with Gasteiger partial charge in [-0.2, -0.15) is 0 Å². The summed E-state index contributed by atoms with van der Waals surface area (Å²) < 4.78 is 22.5. The van der Waals surface area contributed by atoms with Crippen LogP contribution in [0.15, 0.2) is 34.2 Å². The van der Waals surface area contributed by atoms with Crippen LogP contribution in [0.5, 0.6) is 0 Å². The number of nitrogens with two attached hydrogens (primary N) is 1. The minimum atomic E-state index is -3.69. The van der Waals surface area contributed by atoms with E-state index in [-0.39, 0.29) is 41.3 Å². The van der Waals surface area contributed by atoms with Gasteiger partial charge < -0.3 is 15.5 Å². The van der Waals surface area contributed by atoms with Crippen molar-refractivity contribution in [3.63, 3.8) is 0 Å². The number of hydrogen-bond donors (Lipinski definition) is 3. The molecule has 26 heavy (non-hydrogen) atoms. The maximum Gasteiger partial charge on any atom is 0.241 e. The lowest BCUT2D eigenvalue weighted by Gasteiger charge is -2.17. The van der Waals surface area contributed by atoms with Crippen LogP contribution in [0.25, 0.3) is 0 Å². The van der Waals surface area contributed by atoms with E-state index in [4.69, 9.17) is 5.14 Å². The first-order valence-electron chi connectivity index (χ1n) is 8.32. The van der Waals surface area contributed by atoms with E-state index in [1.54, 1.807) is 12.1 Å². The number of halogens is 1. The summed E-state index contributed by atoms with van der Waals surface area (Å²) in [4.78, 5) is 18.4. The molecular formula is C16H26IN5O3S. The second-order valence-electron chi connectivity index (χ2n) is 5.83. The van der Waals surface area contributed by atoms with Crippen molar-refractivity contribution in [3.05, 3.63) is 29.8 Å². The lowest BCUT2D eigenvalue weighted by molar-refractivity contribution is -0.128. The van der Waals surface area contributed by atoms with Crippen molar-refractivity contribution in [2.24, 2.45) is 10.1 Å². The number of hydrogen-bond acceptors (Lipinski definition) is 4. The molecule has 1 fully saturated rings. The molecule has 1 heterocycles. The molecule has 1 aliphatic rings. The molecule has 10 heteroatoms. The summed E-state index contributed by atoms with van der Waals surface area (Å²) in [5.41, 5.74) is 0.843. The number of amides is 1. The Balaban J connectivity index is 0.00000338. The van der Waals surface area contributed by atoms with Crippen LogP contribution in [-0.2, 0) is 21.4 Å². The van der Waals surface area contributed by atoms with E-state index >= 15 is 0 Å².